The SMILES string of the molecule is CC(=O)CC(=O)OCCC(C(C)=O)C(=O)Nc1ccccc1. The fourth-order valence-electron chi connectivity index (χ4n) is 1.81. The standard InChI is InChI=1S/C16H19NO5/c1-11(18)10-15(20)22-9-8-14(12(2)19)16(21)17-13-6-4-3-5-7-13/h3-7,14H,8-10H2,1-2H3,(H,17,21). The van der Waals surface area contributed by atoms with Crippen molar-refractivity contribution in [2.45, 2.75) is 26.7 Å². The summed E-state index contributed by atoms with van der Waals surface area (Å²) in [5, 5.41) is 2.64. The van der Waals surface area contributed by atoms with Gasteiger partial charge in [0.2, 0.25) is 5.91 Å². The maximum Gasteiger partial charge on any atom is 0.313 e. The Morgan fingerprint density at radius 1 is 1.09 bits per heavy atom. The zero-order valence-corrected chi connectivity index (χ0v) is 12.6. The van der Waals surface area contributed by atoms with Gasteiger partial charge in [0, 0.05) is 12.1 Å². The number of amides is 1. The maximum absolute atomic E-state index is 12.1. The third kappa shape index (κ3) is 6.30. The molecule has 0 spiro atoms. The molecule has 1 rings (SSSR count). The van der Waals surface area contributed by atoms with Gasteiger partial charge in [0.15, 0.2) is 0 Å². The molecule has 0 saturated heterocycles. The van der Waals surface area contributed by atoms with Crippen LogP contribution in [0.2, 0.25) is 0 Å². The summed E-state index contributed by atoms with van der Waals surface area (Å²) in [6.07, 6.45) is -0.224. The summed E-state index contributed by atoms with van der Waals surface area (Å²) in [7, 11) is 0. The minimum absolute atomic E-state index is 0.0810. The molecule has 1 N–H and O–H groups in total. The van der Waals surface area contributed by atoms with E-state index in [0.29, 0.717) is 5.69 Å². The van der Waals surface area contributed by atoms with Crippen LogP contribution >= 0.6 is 0 Å². The average Bonchev–Trinajstić information content (AvgIpc) is 2.43. The first-order valence-corrected chi connectivity index (χ1v) is 6.91. The van der Waals surface area contributed by atoms with Gasteiger partial charge in [-0.2, -0.15) is 0 Å². The third-order valence-corrected chi connectivity index (χ3v) is 2.91. The lowest BCUT2D eigenvalue weighted by atomic mass is 10.0. The molecule has 0 aliphatic carbocycles. The minimum atomic E-state index is -0.898. The number of Topliss-reactive ketones (excluding diaryl/α,β-unsaturated/α-hetero) is 2. The van der Waals surface area contributed by atoms with Gasteiger partial charge in [0.25, 0.3) is 0 Å². The lowest BCUT2D eigenvalue weighted by Crippen LogP contribution is -2.29. The van der Waals surface area contributed by atoms with Crippen molar-refractivity contribution in [3.05, 3.63) is 30.3 Å². The first kappa shape index (κ1) is 17.6. The fraction of sp³-hybridized carbons (Fsp3) is 0.375. The number of carbonyl (C=O) groups is 4. The minimum Gasteiger partial charge on any atom is -0.465 e. The van der Waals surface area contributed by atoms with Crippen LogP contribution in [-0.2, 0) is 23.9 Å². The number of benzene rings is 1. The molecular formula is C16H19NO5. The summed E-state index contributed by atoms with van der Waals surface area (Å²) in [6.45, 7) is 2.51. The number of ketones is 2. The van der Waals surface area contributed by atoms with Crippen molar-refractivity contribution in [1.29, 1.82) is 0 Å². The van der Waals surface area contributed by atoms with Gasteiger partial charge < -0.3 is 10.1 Å². The monoisotopic (exact) mass is 305 g/mol. The Labute approximate surface area is 128 Å². The van der Waals surface area contributed by atoms with Gasteiger partial charge in [-0.05, 0) is 26.0 Å². The number of para-hydroxylation sites is 1. The highest BCUT2D eigenvalue weighted by Crippen LogP contribution is 2.12. The van der Waals surface area contributed by atoms with E-state index in [9.17, 15) is 19.2 Å². The van der Waals surface area contributed by atoms with Crippen LogP contribution in [0.1, 0.15) is 26.7 Å². The summed E-state index contributed by atoms with van der Waals surface area (Å²) in [4.78, 5) is 45.6. The lowest BCUT2D eigenvalue weighted by molar-refractivity contribution is -0.147. The van der Waals surface area contributed by atoms with Crippen LogP contribution in [0.4, 0.5) is 5.69 Å². The van der Waals surface area contributed by atoms with Gasteiger partial charge in [-0.1, -0.05) is 18.2 Å². The molecule has 6 heteroatoms. The van der Waals surface area contributed by atoms with Crippen molar-refractivity contribution in [1.82, 2.24) is 0 Å². The molecule has 0 saturated carbocycles. The number of nitrogens with one attached hydrogen (secondary N) is 1. The van der Waals surface area contributed by atoms with Gasteiger partial charge in [0.1, 0.15) is 18.0 Å². The summed E-state index contributed by atoms with van der Waals surface area (Å²) >= 11 is 0. The molecule has 6 nitrogen and oxygen atoms in total. The van der Waals surface area contributed by atoms with Crippen LogP contribution in [0.5, 0.6) is 0 Å². The number of carbonyl (C=O) groups excluding carboxylic acids is 4. The van der Waals surface area contributed by atoms with E-state index in [-0.39, 0.29) is 31.0 Å². The van der Waals surface area contributed by atoms with Gasteiger partial charge in [-0.15, -0.1) is 0 Å². The molecule has 0 fully saturated rings. The molecule has 1 aromatic rings. The predicted molar refractivity (Wildman–Crippen MR) is 80.1 cm³/mol. The predicted octanol–water partition coefficient (Wildman–Crippen LogP) is 1.74. The molecule has 0 bridgehead atoms. The number of hydrogen-bond acceptors (Lipinski definition) is 5. The number of anilines is 1. The van der Waals surface area contributed by atoms with Gasteiger partial charge in [0.05, 0.1) is 12.5 Å². The summed E-state index contributed by atoms with van der Waals surface area (Å²) in [5.74, 6) is -2.60. The zero-order chi connectivity index (χ0) is 16.5. The lowest BCUT2D eigenvalue weighted by Gasteiger charge is -2.14. The summed E-state index contributed by atoms with van der Waals surface area (Å²) in [6, 6.07) is 8.76. The molecule has 0 aliphatic rings. The third-order valence-electron chi connectivity index (χ3n) is 2.91. The molecule has 22 heavy (non-hydrogen) atoms. The largest absolute Gasteiger partial charge is 0.465 e. The van der Waals surface area contributed by atoms with Crippen molar-refractivity contribution < 1.29 is 23.9 Å². The van der Waals surface area contributed by atoms with Crippen molar-refractivity contribution >= 4 is 29.1 Å². The van der Waals surface area contributed by atoms with Gasteiger partial charge in [-0.3, -0.25) is 19.2 Å². The molecule has 0 radical (unpaired) electrons. The van der Waals surface area contributed by atoms with E-state index in [1.165, 1.54) is 13.8 Å². The molecule has 1 atom stereocenters. The first-order valence-electron chi connectivity index (χ1n) is 6.91. The molecular weight excluding hydrogens is 286 g/mol. The topological polar surface area (TPSA) is 89.5 Å². The smallest absolute Gasteiger partial charge is 0.313 e. The van der Waals surface area contributed by atoms with E-state index in [0.717, 1.165) is 0 Å². The Balaban J connectivity index is 2.51. The van der Waals surface area contributed by atoms with E-state index in [1.807, 2.05) is 6.07 Å². The Bertz CT molecular complexity index is 553. The molecule has 1 aromatic carbocycles. The van der Waals surface area contributed by atoms with Crippen molar-refractivity contribution in [3.63, 3.8) is 0 Å². The Hall–Kier alpha value is -2.50. The van der Waals surface area contributed by atoms with Crippen molar-refractivity contribution in [2.24, 2.45) is 5.92 Å². The van der Waals surface area contributed by atoms with Crippen LogP contribution in [0.25, 0.3) is 0 Å². The average molecular weight is 305 g/mol. The van der Waals surface area contributed by atoms with Crippen LogP contribution in [0.15, 0.2) is 30.3 Å². The highest BCUT2D eigenvalue weighted by atomic mass is 16.5. The molecule has 0 aliphatic heterocycles. The van der Waals surface area contributed by atoms with E-state index in [4.69, 9.17) is 4.74 Å². The van der Waals surface area contributed by atoms with Crippen LogP contribution in [0.3, 0.4) is 0 Å². The normalized spacial score (nSPS) is 11.4. The molecule has 0 aromatic heterocycles. The Kier molecular flexibility index (Phi) is 6.95. The fourth-order valence-corrected chi connectivity index (χ4v) is 1.81. The van der Waals surface area contributed by atoms with E-state index in [1.54, 1.807) is 24.3 Å². The zero-order valence-electron chi connectivity index (χ0n) is 12.6. The second kappa shape index (κ2) is 8.71. The van der Waals surface area contributed by atoms with Gasteiger partial charge in [-0.25, -0.2) is 0 Å². The highest BCUT2D eigenvalue weighted by molar-refractivity contribution is 6.06. The van der Waals surface area contributed by atoms with Crippen molar-refractivity contribution in [2.75, 3.05) is 11.9 Å². The number of rotatable bonds is 8. The van der Waals surface area contributed by atoms with Crippen LogP contribution in [0, 0.1) is 5.92 Å². The molecule has 118 valence electrons. The second-order valence-electron chi connectivity index (χ2n) is 4.91. The number of hydrogen-bond donors (Lipinski definition) is 1. The molecule has 0 heterocycles. The van der Waals surface area contributed by atoms with E-state index >= 15 is 0 Å². The summed E-state index contributed by atoms with van der Waals surface area (Å²) < 4.78 is 4.84. The van der Waals surface area contributed by atoms with Crippen LogP contribution in [-0.4, -0.2) is 30.0 Å². The number of ether oxygens (including phenoxy) is 1. The van der Waals surface area contributed by atoms with Crippen LogP contribution < -0.4 is 5.32 Å². The number of esters is 1. The van der Waals surface area contributed by atoms with E-state index < -0.39 is 17.8 Å². The first-order chi connectivity index (χ1) is 10.4. The summed E-state index contributed by atoms with van der Waals surface area (Å²) in [5.41, 5.74) is 0.590. The maximum atomic E-state index is 12.1. The Morgan fingerprint density at radius 3 is 2.27 bits per heavy atom. The highest BCUT2D eigenvalue weighted by Gasteiger charge is 2.23. The van der Waals surface area contributed by atoms with Gasteiger partial charge >= 0.3 is 5.97 Å². The van der Waals surface area contributed by atoms with E-state index in [2.05, 4.69) is 5.32 Å². The second-order valence-corrected chi connectivity index (χ2v) is 4.91. The Morgan fingerprint density at radius 2 is 1.73 bits per heavy atom. The molecule has 1 amide bonds. The van der Waals surface area contributed by atoms with Crippen molar-refractivity contribution in [3.8, 4) is 0 Å². The quantitative estimate of drug-likeness (QED) is 0.583. The molecule has 1 unspecified atom stereocenters.